The molecule has 6 atom stereocenters. The van der Waals surface area contributed by atoms with Gasteiger partial charge < -0.3 is 54.0 Å². The van der Waals surface area contributed by atoms with Crippen LogP contribution in [0, 0.1) is 11.8 Å². The Kier molecular flexibility index (Phi) is 29.9. The third kappa shape index (κ3) is 25.7. The minimum Gasteiger partial charge on any atom is -0.870 e. The fourth-order valence-electron chi connectivity index (χ4n) is 6.06. The average molecular weight is 1070 g/mol. The first-order chi connectivity index (χ1) is 31.2. The normalized spacial score (nSPS) is 21.1. The second-order valence-corrected chi connectivity index (χ2v) is 19.5. The molecule has 0 aromatic carbocycles. The Morgan fingerprint density at radius 2 is 1.01 bits per heavy atom. The van der Waals surface area contributed by atoms with Crippen LogP contribution in [0.3, 0.4) is 0 Å². The van der Waals surface area contributed by atoms with E-state index in [2.05, 4.69) is 14.2 Å². The SMILES string of the molecule is CC(C)(C)OC(=O)N1C[C@@H](COC(F)F)C[C@H]1C(=O)O.COC(=O)[C@@H]1C[C@H](CO)CN1C(=O)OC(C)(C)C.COC(=O)[C@@H]1C[C@H](OCC(F)F)CN1C(=O)OC(C)(C)C.O=C(O)C(F)(F)S(=O)(=O)F.[Li+].[OH-]. The number of aliphatic hydroxyl groups excluding tert-OH is 1. The third-order valence-electron chi connectivity index (χ3n) is 8.88. The first kappa shape index (κ1) is 70.8. The van der Waals surface area contributed by atoms with E-state index in [1.807, 2.05) is 0 Å². The maximum Gasteiger partial charge on any atom is 1.00 e. The number of amides is 3. The van der Waals surface area contributed by atoms with Gasteiger partial charge in [-0.15, -0.1) is 0 Å². The number of hydrogen-bond acceptors (Lipinski definition) is 18. The molecule has 32 heteroatoms. The van der Waals surface area contributed by atoms with Crippen molar-refractivity contribution in [3.63, 3.8) is 0 Å². The van der Waals surface area contributed by atoms with Gasteiger partial charge in [-0.2, -0.15) is 26.0 Å². The summed E-state index contributed by atoms with van der Waals surface area (Å²) >= 11 is 0. The van der Waals surface area contributed by atoms with E-state index in [0.29, 0.717) is 13.0 Å². The molecular weight excluding hydrogens is 1000 g/mol. The summed E-state index contributed by atoms with van der Waals surface area (Å²) in [5, 5.41) is 20.3. The Morgan fingerprint density at radius 1 is 0.648 bits per heavy atom. The van der Waals surface area contributed by atoms with Crippen molar-refractivity contribution in [3.8, 4) is 0 Å². The molecule has 0 bridgehead atoms. The minimum absolute atomic E-state index is 0. The van der Waals surface area contributed by atoms with E-state index < -0.39 is 124 Å². The van der Waals surface area contributed by atoms with Crippen LogP contribution < -0.4 is 18.9 Å². The molecule has 3 aliphatic rings. The summed E-state index contributed by atoms with van der Waals surface area (Å²) in [5.74, 6) is -5.87. The van der Waals surface area contributed by atoms with Gasteiger partial charge in [0.2, 0.25) is 0 Å². The number of nitrogens with zero attached hydrogens (tertiary/aromatic N) is 3. The predicted molar refractivity (Wildman–Crippen MR) is 222 cm³/mol. The summed E-state index contributed by atoms with van der Waals surface area (Å²) in [7, 11) is -3.86. The molecular formula is C39H63F7LiN3O20S. The number of ether oxygens (including phenoxy) is 7. The van der Waals surface area contributed by atoms with Crippen LogP contribution in [0.2, 0.25) is 0 Å². The van der Waals surface area contributed by atoms with Crippen LogP contribution >= 0.6 is 0 Å². The van der Waals surface area contributed by atoms with Crippen LogP contribution in [0.4, 0.5) is 44.6 Å². The standard InChI is InChI=1S/C13H21F2NO5.C12H19F2NO5.C12H21NO5.C2HF3O4S.Li.H2O/c1-13(2,3)21-12(18)16-6-8(20-7-10(14)15)5-9(16)11(17)19-4;1-12(2,3)20-11(18)15-5-7(6-19-10(13)14)4-8(15)9(16)17;1-12(2,3)18-11(16)13-6-8(7-14)5-9(13)10(15)17-4;3-2(4,1(6)7)10(5,8)9;;/h8-10H,5-7H2,1-4H3;7-8,10H,4-6H2,1-3H3,(H,16,17);8-9,14H,5-7H2,1-4H3;(H,6,7);;1H2/q;;;;+1;/p-1/t8-,9-;7-,8-;8-,9-;;;/m000.../s1. The van der Waals surface area contributed by atoms with Crippen molar-refractivity contribution < 1.29 is 145 Å². The molecule has 0 spiro atoms. The molecule has 3 rings (SSSR count). The van der Waals surface area contributed by atoms with Crippen molar-refractivity contribution in [3.05, 3.63) is 0 Å². The molecule has 3 saturated heterocycles. The molecule has 3 heterocycles. The second-order valence-electron chi connectivity index (χ2n) is 18.2. The average Bonchev–Trinajstić information content (AvgIpc) is 3.95. The summed E-state index contributed by atoms with van der Waals surface area (Å²) in [6.07, 6.45) is -4.66. The van der Waals surface area contributed by atoms with Gasteiger partial charge in [-0.1, -0.05) is 3.89 Å². The predicted octanol–water partition coefficient (Wildman–Crippen LogP) is 1.32. The van der Waals surface area contributed by atoms with Crippen LogP contribution in [0.1, 0.15) is 81.6 Å². The largest absolute Gasteiger partial charge is 1.00 e. The Hall–Kier alpha value is -4.41. The third-order valence-corrected chi connectivity index (χ3v) is 9.67. The van der Waals surface area contributed by atoms with E-state index in [1.54, 1.807) is 62.3 Å². The van der Waals surface area contributed by atoms with Gasteiger partial charge in [-0.25, -0.2) is 42.3 Å². The molecule has 0 aromatic rings. The Labute approximate surface area is 417 Å². The van der Waals surface area contributed by atoms with E-state index in [9.17, 15) is 72.2 Å². The molecule has 0 saturated carbocycles. The number of hydrogen-bond donors (Lipinski definition) is 3. The number of carbonyl (C=O) groups excluding carboxylic acids is 5. The molecule has 23 nitrogen and oxygen atoms in total. The number of aliphatic hydroxyl groups is 1. The summed E-state index contributed by atoms with van der Waals surface area (Å²) in [6, 6.07) is -2.62. The van der Waals surface area contributed by atoms with Crippen molar-refractivity contribution in [2.75, 3.05) is 53.7 Å². The maximum absolute atomic E-state index is 12.2. The zero-order valence-corrected chi connectivity index (χ0v) is 42.0. The second kappa shape index (κ2) is 29.9. The van der Waals surface area contributed by atoms with Gasteiger partial charge in [0, 0.05) is 38.0 Å². The maximum atomic E-state index is 12.2. The van der Waals surface area contributed by atoms with Gasteiger partial charge in [0.25, 0.3) is 6.43 Å². The van der Waals surface area contributed by atoms with Crippen molar-refractivity contribution in [1.29, 1.82) is 0 Å². The number of carboxylic acids is 2. The van der Waals surface area contributed by atoms with Gasteiger partial charge in [-0.05, 0) is 75.2 Å². The fourth-order valence-corrected chi connectivity index (χ4v) is 6.27. The first-order valence-corrected chi connectivity index (χ1v) is 21.9. The van der Waals surface area contributed by atoms with E-state index in [1.165, 1.54) is 19.1 Å². The summed E-state index contributed by atoms with van der Waals surface area (Å²) in [6.45, 7) is 11.7. The number of carbonyl (C=O) groups is 7. The Balaban J connectivity index is -0.000000884. The van der Waals surface area contributed by atoms with Gasteiger partial charge in [0.15, 0.2) is 0 Å². The van der Waals surface area contributed by atoms with Crippen molar-refractivity contribution >= 4 is 52.4 Å². The van der Waals surface area contributed by atoms with Crippen molar-refractivity contribution in [2.24, 2.45) is 11.8 Å². The smallest absolute Gasteiger partial charge is 0.870 e. The molecule has 3 amide bonds. The van der Waals surface area contributed by atoms with Gasteiger partial charge >= 0.3 is 83.1 Å². The number of methoxy groups -OCH3 is 2. The van der Waals surface area contributed by atoms with Gasteiger partial charge in [0.1, 0.15) is 41.5 Å². The number of carboxylic acid groups (broad SMARTS) is 2. The van der Waals surface area contributed by atoms with Crippen LogP contribution in [-0.4, -0.2) is 199 Å². The Bertz CT molecular complexity index is 1850. The molecule has 4 N–H and O–H groups in total. The summed E-state index contributed by atoms with van der Waals surface area (Å²) < 4.78 is 135. The van der Waals surface area contributed by atoms with E-state index in [4.69, 9.17) is 34.3 Å². The molecule has 410 valence electrons. The zero-order valence-electron chi connectivity index (χ0n) is 41.2. The van der Waals surface area contributed by atoms with E-state index >= 15 is 0 Å². The molecule has 71 heavy (non-hydrogen) atoms. The Morgan fingerprint density at radius 3 is 1.32 bits per heavy atom. The summed E-state index contributed by atoms with van der Waals surface area (Å²) in [4.78, 5) is 83.2. The van der Waals surface area contributed by atoms with Gasteiger partial charge in [-0.3, -0.25) is 14.7 Å². The van der Waals surface area contributed by atoms with E-state index in [-0.39, 0.29) is 69.4 Å². The van der Waals surface area contributed by atoms with Crippen LogP contribution in [0.15, 0.2) is 0 Å². The number of aliphatic carboxylic acids is 2. The van der Waals surface area contributed by atoms with Crippen LogP contribution in [0.5, 0.6) is 0 Å². The number of halogens is 7. The van der Waals surface area contributed by atoms with Crippen molar-refractivity contribution in [1.82, 2.24) is 14.7 Å². The quantitative estimate of drug-likeness (QED) is 0.0816. The monoisotopic (exact) mass is 1070 g/mol. The molecule has 0 aliphatic carbocycles. The van der Waals surface area contributed by atoms with Crippen LogP contribution in [-0.2, 0) is 62.6 Å². The van der Waals surface area contributed by atoms with E-state index in [0.717, 1.165) is 9.80 Å². The minimum atomic E-state index is -6.33. The number of rotatable bonds is 12. The molecule has 3 fully saturated rings. The summed E-state index contributed by atoms with van der Waals surface area (Å²) in [5.41, 5.74) is -2.09. The number of likely N-dealkylation sites (tertiary alicyclic amines) is 3. The molecule has 0 radical (unpaired) electrons. The molecule has 0 unspecified atom stereocenters. The number of esters is 2. The topological polar surface area (TPSA) is 319 Å². The molecule has 0 aromatic heterocycles. The van der Waals surface area contributed by atoms with Crippen molar-refractivity contribution in [2.45, 2.75) is 141 Å². The van der Waals surface area contributed by atoms with Gasteiger partial charge in [0.05, 0.1) is 33.5 Å². The molecule has 3 aliphatic heterocycles. The first-order valence-electron chi connectivity index (χ1n) is 20.5. The fraction of sp³-hybridized carbons (Fsp3) is 0.821. The number of alkyl halides is 6. The zero-order chi connectivity index (χ0) is 54.2. The van der Waals surface area contributed by atoms with Crippen LogP contribution in [0.25, 0.3) is 0 Å².